The molecule has 20 heavy (non-hydrogen) atoms. The molecule has 0 amide bonds. The van der Waals surface area contributed by atoms with Crippen LogP contribution in [0, 0.1) is 0 Å². The van der Waals surface area contributed by atoms with Crippen molar-refractivity contribution in [3.8, 4) is 0 Å². The van der Waals surface area contributed by atoms with Gasteiger partial charge in [-0.2, -0.15) is 0 Å². The molecule has 0 saturated heterocycles. The minimum absolute atomic E-state index is 0.812. The molecular formula is C16H32N2Si2. The van der Waals surface area contributed by atoms with Gasteiger partial charge in [-0.25, -0.2) is 0 Å². The molecule has 0 atom stereocenters. The van der Waals surface area contributed by atoms with Crippen LogP contribution < -0.4 is 21.8 Å². The fourth-order valence-corrected chi connectivity index (χ4v) is 7.82. The summed E-state index contributed by atoms with van der Waals surface area (Å²) in [6.45, 7) is 11.5. The summed E-state index contributed by atoms with van der Waals surface area (Å²) in [5.74, 6) is 0. The molecule has 0 spiro atoms. The van der Waals surface area contributed by atoms with Gasteiger partial charge in [0.1, 0.15) is 0 Å². The predicted molar refractivity (Wildman–Crippen MR) is 97.6 cm³/mol. The topological polar surface area (TPSA) is 52.0 Å². The molecule has 0 radical (unpaired) electrons. The Hall–Kier alpha value is -0.426. The first-order valence-electron chi connectivity index (χ1n) is 7.84. The molecule has 1 aromatic rings. The lowest BCUT2D eigenvalue weighted by molar-refractivity contribution is 0.914. The van der Waals surface area contributed by atoms with Crippen LogP contribution in [0.25, 0.3) is 0 Å². The molecule has 1 rings (SSSR count). The molecule has 0 heterocycles. The van der Waals surface area contributed by atoms with E-state index in [0.29, 0.717) is 0 Å². The summed E-state index contributed by atoms with van der Waals surface area (Å²) in [4.78, 5) is 0. The number of benzene rings is 1. The van der Waals surface area contributed by atoms with Gasteiger partial charge in [-0.1, -0.05) is 72.9 Å². The average Bonchev–Trinajstić information content (AvgIpc) is 2.43. The van der Waals surface area contributed by atoms with Gasteiger partial charge in [-0.15, -0.1) is 0 Å². The predicted octanol–water partition coefficient (Wildman–Crippen LogP) is 2.21. The first-order chi connectivity index (χ1) is 9.33. The quantitative estimate of drug-likeness (QED) is 0.724. The lowest BCUT2D eigenvalue weighted by atomic mass is 10.4. The van der Waals surface area contributed by atoms with E-state index in [1.807, 2.05) is 0 Å². The molecule has 0 aliphatic carbocycles. The third-order valence-electron chi connectivity index (χ3n) is 4.44. The Balaban J connectivity index is 2.95. The van der Waals surface area contributed by atoms with Crippen LogP contribution in [-0.4, -0.2) is 29.2 Å². The van der Waals surface area contributed by atoms with Crippen LogP contribution in [0.3, 0.4) is 0 Å². The number of rotatable bonds is 8. The molecule has 0 bridgehead atoms. The van der Waals surface area contributed by atoms with Crippen molar-refractivity contribution in [2.24, 2.45) is 11.5 Å². The smallest absolute Gasteiger partial charge is 0.0806 e. The van der Waals surface area contributed by atoms with E-state index in [-0.39, 0.29) is 0 Å². The van der Waals surface area contributed by atoms with Crippen molar-refractivity contribution in [3.05, 3.63) is 24.3 Å². The van der Waals surface area contributed by atoms with Crippen molar-refractivity contribution in [2.75, 3.05) is 13.1 Å². The van der Waals surface area contributed by atoms with Crippen LogP contribution in [0.15, 0.2) is 24.3 Å². The second-order valence-electron chi connectivity index (χ2n) is 7.13. The Morgan fingerprint density at radius 1 is 0.800 bits per heavy atom. The van der Waals surface area contributed by atoms with Gasteiger partial charge in [0, 0.05) is 0 Å². The molecule has 4 heteroatoms. The third-order valence-corrected chi connectivity index (χ3v) is 11.4. The van der Waals surface area contributed by atoms with Gasteiger partial charge >= 0.3 is 0 Å². The van der Waals surface area contributed by atoms with Crippen molar-refractivity contribution in [1.29, 1.82) is 0 Å². The molecule has 0 unspecified atom stereocenters. The van der Waals surface area contributed by atoms with Crippen LogP contribution >= 0.6 is 0 Å². The van der Waals surface area contributed by atoms with Gasteiger partial charge in [-0.05, 0) is 25.9 Å². The summed E-state index contributed by atoms with van der Waals surface area (Å²) >= 11 is 0. The van der Waals surface area contributed by atoms with Crippen molar-refractivity contribution >= 4 is 26.5 Å². The van der Waals surface area contributed by atoms with Crippen LogP contribution in [0.5, 0.6) is 0 Å². The lowest BCUT2D eigenvalue weighted by Crippen LogP contribution is -2.48. The van der Waals surface area contributed by atoms with E-state index in [1.54, 1.807) is 10.4 Å². The average molecular weight is 309 g/mol. The Bertz CT molecular complexity index is 381. The zero-order chi connectivity index (χ0) is 15.2. The Kier molecular flexibility index (Phi) is 6.65. The van der Waals surface area contributed by atoms with Crippen LogP contribution in [0.4, 0.5) is 0 Å². The summed E-state index contributed by atoms with van der Waals surface area (Å²) in [5.41, 5.74) is 11.4. The highest BCUT2D eigenvalue weighted by molar-refractivity contribution is 6.92. The van der Waals surface area contributed by atoms with Gasteiger partial charge in [0.05, 0.1) is 16.1 Å². The van der Waals surface area contributed by atoms with E-state index in [2.05, 4.69) is 50.5 Å². The molecule has 1 aromatic carbocycles. The molecule has 0 aromatic heterocycles. The summed E-state index contributed by atoms with van der Waals surface area (Å²) in [6.07, 6.45) is 2.30. The number of hydrogen-bond acceptors (Lipinski definition) is 2. The monoisotopic (exact) mass is 308 g/mol. The van der Waals surface area contributed by atoms with E-state index in [4.69, 9.17) is 11.5 Å². The first-order valence-corrected chi connectivity index (χ1v) is 14.3. The fourth-order valence-electron chi connectivity index (χ4n) is 2.74. The maximum absolute atomic E-state index is 5.69. The highest BCUT2D eigenvalue weighted by Crippen LogP contribution is 2.15. The summed E-state index contributed by atoms with van der Waals surface area (Å²) in [7, 11) is -2.65. The number of hydrogen-bond donors (Lipinski definition) is 2. The second-order valence-corrected chi connectivity index (χ2v) is 16.8. The highest BCUT2D eigenvalue weighted by Gasteiger charge is 2.27. The zero-order valence-corrected chi connectivity index (χ0v) is 15.7. The molecule has 114 valence electrons. The third kappa shape index (κ3) is 4.84. The van der Waals surface area contributed by atoms with E-state index in [1.165, 1.54) is 12.1 Å². The van der Waals surface area contributed by atoms with Crippen molar-refractivity contribution in [1.82, 2.24) is 0 Å². The van der Waals surface area contributed by atoms with E-state index >= 15 is 0 Å². The molecule has 0 aliphatic heterocycles. The SMILES string of the molecule is C[Si](C)(CCCN)c1cccc([Si](C)(C)CCCN)c1. The summed E-state index contributed by atoms with van der Waals surface area (Å²) < 4.78 is 0. The van der Waals surface area contributed by atoms with Crippen molar-refractivity contribution < 1.29 is 0 Å². The van der Waals surface area contributed by atoms with Crippen LogP contribution in [0.1, 0.15) is 12.8 Å². The van der Waals surface area contributed by atoms with Gasteiger partial charge in [-0.3, -0.25) is 0 Å². The highest BCUT2D eigenvalue weighted by atomic mass is 28.3. The van der Waals surface area contributed by atoms with Gasteiger partial charge in [0.2, 0.25) is 0 Å². The number of nitrogens with two attached hydrogens (primary N) is 2. The van der Waals surface area contributed by atoms with Crippen LogP contribution in [0.2, 0.25) is 38.3 Å². The lowest BCUT2D eigenvalue weighted by Gasteiger charge is -2.27. The normalized spacial score (nSPS) is 12.7. The molecule has 0 fully saturated rings. The maximum atomic E-state index is 5.69. The molecule has 0 saturated carbocycles. The molecular weight excluding hydrogens is 276 g/mol. The first kappa shape index (κ1) is 17.6. The Morgan fingerprint density at radius 2 is 1.20 bits per heavy atom. The minimum atomic E-state index is -1.32. The van der Waals surface area contributed by atoms with E-state index in [9.17, 15) is 0 Å². The zero-order valence-electron chi connectivity index (χ0n) is 13.7. The standard InChI is InChI=1S/C16H32N2Si2/c1-19(2,12-6-10-17)15-8-5-9-16(14-15)20(3,4)13-7-11-18/h5,8-9,14H,6-7,10-13,17-18H2,1-4H3. The molecule has 0 aliphatic rings. The molecule has 4 N–H and O–H groups in total. The Labute approximate surface area is 127 Å². The van der Waals surface area contributed by atoms with Crippen molar-refractivity contribution in [2.45, 2.75) is 51.1 Å². The fraction of sp³-hybridized carbons (Fsp3) is 0.625. The summed E-state index contributed by atoms with van der Waals surface area (Å²) in [5, 5.41) is 3.19. The van der Waals surface area contributed by atoms with E-state index < -0.39 is 16.1 Å². The van der Waals surface area contributed by atoms with Gasteiger partial charge in [0.15, 0.2) is 0 Å². The summed E-state index contributed by atoms with van der Waals surface area (Å²) in [6, 6.07) is 12.0. The Morgan fingerprint density at radius 3 is 1.55 bits per heavy atom. The largest absolute Gasteiger partial charge is 0.330 e. The maximum Gasteiger partial charge on any atom is 0.0806 e. The van der Waals surface area contributed by atoms with Gasteiger partial charge in [0.25, 0.3) is 0 Å². The van der Waals surface area contributed by atoms with Crippen LogP contribution in [-0.2, 0) is 0 Å². The minimum Gasteiger partial charge on any atom is -0.330 e. The van der Waals surface area contributed by atoms with E-state index in [0.717, 1.165) is 25.9 Å². The second kappa shape index (κ2) is 7.54. The molecule has 2 nitrogen and oxygen atoms in total. The van der Waals surface area contributed by atoms with Gasteiger partial charge < -0.3 is 11.5 Å². The van der Waals surface area contributed by atoms with Crippen molar-refractivity contribution in [3.63, 3.8) is 0 Å².